The number of β-amino-alcohol motifs (C(OH)–C–C–N with tert-alkyl or cyclic N) is 1. The lowest BCUT2D eigenvalue weighted by Crippen LogP contribution is -2.38. The average Bonchev–Trinajstić information content (AvgIpc) is 3.18. The number of nitrogens with zero attached hydrogens (tertiary/aromatic N) is 3. The maximum Gasteiger partial charge on any atom is 0.239 e. The SMILES string of the molecule is CCCCC1CCC(C(=O)N2C[C@H](O)C[C@@H]2c2nnc(C)o2)CC1. The minimum Gasteiger partial charge on any atom is -0.423 e. The van der Waals surface area contributed by atoms with Crippen molar-refractivity contribution in [2.24, 2.45) is 11.8 Å². The number of rotatable bonds is 5. The Morgan fingerprint density at radius 1 is 1.29 bits per heavy atom. The number of aryl methyl sites for hydroxylation is 1. The fraction of sp³-hybridized carbons (Fsp3) is 0.833. The highest BCUT2D eigenvalue weighted by atomic mass is 16.4. The number of aliphatic hydroxyl groups excluding tert-OH is 1. The number of aliphatic hydroxyl groups is 1. The van der Waals surface area contributed by atoms with Crippen molar-refractivity contribution in [2.75, 3.05) is 6.54 Å². The smallest absolute Gasteiger partial charge is 0.239 e. The molecule has 0 bridgehead atoms. The van der Waals surface area contributed by atoms with E-state index in [2.05, 4.69) is 17.1 Å². The summed E-state index contributed by atoms with van der Waals surface area (Å²) in [6.45, 7) is 4.35. The Morgan fingerprint density at radius 3 is 2.67 bits per heavy atom. The molecule has 2 heterocycles. The highest BCUT2D eigenvalue weighted by molar-refractivity contribution is 5.79. The van der Waals surface area contributed by atoms with Gasteiger partial charge in [-0.25, -0.2) is 0 Å². The third-order valence-corrected chi connectivity index (χ3v) is 5.55. The van der Waals surface area contributed by atoms with E-state index in [-0.39, 0.29) is 17.9 Å². The number of carbonyl (C=O) groups is 1. The Kier molecular flexibility index (Phi) is 5.54. The van der Waals surface area contributed by atoms with E-state index in [1.165, 1.54) is 19.3 Å². The van der Waals surface area contributed by atoms with Crippen LogP contribution in [0.15, 0.2) is 4.42 Å². The first-order valence-corrected chi connectivity index (χ1v) is 9.37. The van der Waals surface area contributed by atoms with Gasteiger partial charge >= 0.3 is 0 Å². The lowest BCUT2D eigenvalue weighted by molar-refractivity contribution is -0.138. The van der Waals surface area contributed by atoms with E-state index in [9.17, 15) is 9.90 Å². The summed E-state index contributed by atoms with van der Waals surface area (Å²) in [6, 6.07) is -0.272. The van der Waals surface area contributed by atoms with Crippen LogP contribution in [0.25, 0.3) is 0 Å². The van der Waals surface area contributed by atoms with Gasteiger partial charge in [0.25, 0.3) is 0 Å². The van der Waals surface area contributed by atoms with Crippen LogP contribution >= 0.6 is 0 Å². The molecule has 1 aromatic heterocycles. The van der Waals surface area contributed by atoms with Crippen molar-refractivity contribution in [1.82, 2.24) is 15.1 Å². The van der Waals surface area contributed by atoms with E-state index in [4.69, 9.17) is 4.42 Å². The molecule has 0 unspecified atom stereocenters. The van der Waals surface area contributed by atoms with Crippen molar-refractivity contribution >= 4 is 5.91 Å². The molecular formula is C18H29N3O3. The zero-order valence-electron chi connectivity index (χ0n) is 14.8. The van der Waals surface area contributed by atoms with E-state index in [0.717, 1.165) is 31.6 Å². The molecule has 0 radical (unpaired) electrons. The summed E-state index contributed by atoms with van der Waals surface area (Å²) in [4.78, 5) is 14.8. The lowest BCUT2D eigenvalue weighted by atomic mass is 9.79. The summed E-state index contributed by atoms with van der Waals surface area (Å²) in [7, 11) is 0. The van der Waals surface area contributed by atoms with Gasteiger partial charge in [-0.2, -0.15) is 0 Å². The number of unbranched alkanes of at least 4 members (excludes halogenated alkanes) is 1. The first-order valence-electron chi connectivity index (χ1n) is 9.37. The van der Waals surface area contributed by atoms with Crippen LogP contribution in [-0.2, 0) is 4.79 Å². The summed E-state index contributed by atoms with van der Waals surface area (Å²) in [5, 5.41) is 18.0. The predicted molar refractivity (Wildman–Crippen MR) is 89.1 cm³/mol. The van der Waals surface area contributed by atoms with Crippen LogP contribution in [0.5, 0.6) is 0 Å². The van der Waals surface area contributed by atoms with Gasteiger partial charge in [0.1, 0.15) is 6.04 Å². The van der Waals surface area contributed by atoms with Gasteiger partial charge in [0.15, 0.2) is 0 Å². The summed E-state index contributed by atoms with van der Waals surface area (Å²) in [5.74, 6) is 1.97. The summed E-state index contributed by atoms with van der Waals surface area (Å²) in [6.07, 6.45) is 8.05. The minimum absolute atomic E-state index is 0.0831. The number of aromatic nitrogens is 2. The normalized spacial score (nSPS) is 30.7. The molecule has 1 saturated heterocycles. The average molecular weight is 335 g/mol. The Hall–Kier alpha value is -1.43. The second kappa shape index (κ2) is 7.64. The molecule has 6 nitrogen and oxygen atoms in total. The molecule has 24 heavy (non-hydrogen) atoms. The topological polar surface area (TPSA) is 79.5 Å². The van der Waals surface area contributed by atoms with Gasteiger partial charge in [-0.3, -0.25) is 4.79 Å². The monoisotopic (exact) mass is 335 g/mol. The maximum absolute atomic E-state index is 13.0. The van der Waals surface area contributed by atoms with Crippen LogP contribution in [-0.4, -0.2) is 38.8 Å². The molecule has 2 fully saturated rings. The molecule has 6 heteroatoms. The molecule has 2 atom stereocenters. The standard InChI is InChI=1S/C18H29N3O3/c1-3-4-5-13-6-8-14(9-7-13)18(23)21-11-15(22)10-16(21)17-20-19-12(2)24-17/h13-16,22H,3-11H2,1-2H3/t13?,14?,15-,16-/m1/s1. The molecule has 134 valence electrons. The van der Waals surface area contributed by atoms with Crippen LogP contribution < -0.4 is 0 Å². The Morgan fingerprint density at radius 2 is 2.04 bits per heavy atom. The summed E-state index contributed by atoms with van der Waals surface area (Å²) in [5.41, 5.74) is 0. The van der Waals surface area contributed by atoms with E-state index >= 15 is 0 Å². The Labute approximate surface area is 143 Å². The van der Waals surface area contributed by atoms with E-state index in [0.29, 0.717) is 24.7 Å². The zero-order valence-corrected chi connectivity index (χ0v) is 14.8. The van der Waals surface area contributed by atoms with Crippen LogP contribution in [0.4, 0.5) is 0 Å². The first-order chi connectivity index (χ1) is 11.6. The van der Waals surface area contributed by atoms with Gasteiger partial charge in [-0.1, -0.05) is 26.2 Å². The van der Waals surface area contributed by atoms with Gasteiger partial charge in [0.2, 0.25) is 17.7 Å². The fourth-order valence-electron chi connectivity index (χ4n) is 4.16. The highest BCUT2D eigenvalue weighted by Crippen LogP contribution is 2.37. The Bertz CT molecular complexity index is 551. The van der Waals surface area contributed by atoms with Crippen molar-refractivity contribution in [1.29, 1.82) is 0 Å². The molecule has 1 amide bonds. The minimum atomic E-state index is -0.507. The molecule has 0 spiro atoms. The summed E-state index contributed by atoms with van der Waals surface area (Å²) < 4.78 is 5.52. The number of carbonyl (C=O) groups excluding carboxylic acids is 1. The Balaban J connectivity index is 1.61. The van der Waals surface area contributed by atoms with Crippen molar-refractivity contribution in [3.05, 3.63) is 11.8 Å². The van der Waals surface area contributed by atoms with Gasteiger partial charge in [-0.15, -0.1) is 10.2 Å². The van der Waals surface area contributed by atoms with E-state index < -0.39 is 6.10 Å². The first kappa shape index (κ1) is 17.4. The maximum atomic E-state index is 13.0. The number of hydrogen-bond donors (Lipinski definition) is 1. The van der Waals surface area contributed by atoms with Crippen LogP contribution in [0, 0.1) is 18.8 Å². The number of likely N-dealkylation sites (tertiary alicyclic amines) is 1. The second-order valence-corrected chi connectivity index (χ2v) is 7.42. The third-order valence-electron chi connectivity index (χ3n) is 5.55. The molecule has 0 aromatic carbocycles. The predicted octanol–water partition coefficient (Wildman–Crippen LogP) is 3.01. The van der Waals surface area contributed by atoms with Crippen LogP contribution in [0.2, 0.25) is 0 Å². The van der Waals surface area contributed by atoms with Crippen molar-refractivity contribution < 1.29 is 14.3 Å². The molecule has 1 aliphatic carbocycles. The van der Waals surface area contributed by atoms with Crippen molar-refractivity contribution in [2.45, 2.75) is 77.4 Å². The molecule has 1 N–H and O–H groups in total. The largest absolute Gasteiger partial charge is 0.423 e. The van der Waals surface area contributed by atoms with Gasteiger partial charge in [0.05, 0.1) is 6.10 Å². The fourth-order valence-corrected chi connectivity index (χ4v) is 4.16. The molecule has 3 rings (SSSR count). The highest BCUT2D eigenvalue weighted by Gasteiger charge is 2.41. The molecule has 1 aliphatic heterocycles. The molecule has 1 saturated carbocycles. The number of amides is 1. The van der Waals surface area contributed by atoms with Crippen LogP contribution in [0.1, 0.15) is 76.1 Å². The van der Waals surface area contributed by atoms with Crippen LogP contribution in [0.3, 0.4) is 0 Å². The second-order valence-electron chi connectivity index (χ2n) is 7.42. The molecule has 1 aromatic rings. The van der Waals surface area contributed by atoms with E-state index in [1.807, 2.05) is 0 Å². The number of hydrogen-bond acceptors (Lipinski definition) is 5. The zero-order chi connectivity index (χ0) is 17.1. The molecule has 2 aliphatic rings. The quantitative estimate of drug-likeness (QED) is 0.895. The lowest BCUT2D eigenvalue weighted by Gasteiger charge is -2.32. The molecular weight excluding hydrogens is 306 g/mol. The van der Waals surface area contributed by atoms with Crippen molar-refractivity contribution in [3.63, 3.8) is 0 Å². The van der Waals surface area contributed by atoms with Gasteiger partial charge in [-0.05, 0) is 31.6 Å². The summed E-state index contributed by atoms with van der Waals surface area (Å²) >= 11 is 0. The van der Waals surface area contributed by atoms with Crippen molar-refractivity contribution in [3.8, 4) is 0 Å². The van der Waals surface area contributed by atoms with E-state index in [1.54, 1.807) is 11.8 Å². The van der Waals surface area contributed by atoms with Gasteiger partial charge in [0, 0.05) is 25.8 Å². The third kappa shape index (κ3) is 3.79. The van der Waals surface area contributed by atoms with Gasteiger partial charge < -0.3 is 14.4 Å².